The van der Waals surface area contributed by atoms with E-state index < -0.39 is 11.8 Å². The largest absolute Gasteiger partial charge is 0.348 e. The summed E-state index contributed by atoms with van der Waals surface area (Å²) in [7, 11) is 0. The molecule has 3 amide bonds. The minimum Gasteiger partial charge on any atom is -0.348 e. The first-order valence-corrected chi connectivity index (χ1v) is 9.45. The molecule has 9 heteroatoms. The Morgan fingerprint density at radius 1 is 0.893 bits per heavy atom. The lowest BCUT2D eigenvalue weighted by molar-refractivity contribution is -0.125. The smallest absolute Gasteiger partial charge is 0.253 e. The molecule has 0 saturated carbocycles. The molecule has 1 unspecified atom stereocenters. The fraction of sp³-hybridized carbons (Fsp3) is 0.211. The van der Waals surface area contributed by atoms with Crippen LogP contribution in [0.2, 0.25) is 15.1 Å². The van der Waals surface area contributed by atoms with Gasteiger partial charge < -0.3 is 16.0 Å². The molecule has 0 bridgehead atoms. The molecule has 0 aliphatic carbocycles. The third-order valence-electron chi connectivity index (χ3n) is 3.78. The molecule has 148 valence electrons. The minimum atomic E-state index is -0.520. The molecular formula is C19H18Cl3N3O3. The molecule has 0 heterocycles. The minimum absolute atomic E-state index is 0.179. The van der Waals surface area contributed by atoms with Gasteiger partial charge in [0, 0.05) is 10.0 Å². The van der Waals surface area contributed by atoms with Gasteiger partial charge in [-0.15, -0.1) is 0 Å². The van der Waals surface area contributed by atoms with Gasteiger partial charge >= 0.3 is 0 Å². The summed E-state index contributed by atoms with van der Waals surface area (Å²) in [5.41, 5.74) is 0.973. The van der Waals surface area contributed by atoms with E-state index in [1.807, 2.05) is 12.1 Å². The fourth-order valence-electron chi connectivity index (χ4n) is 2.37. The summed E-state index contributed by atoms with van der Waals surface area (Å²) in [5, 5.41) is 8.72. The maximum atomic E-state index is 12.0. The van der Waals surface area contributed by atoms with Gasteiger partial charge in [-0.25, -0.2) is 0 Å². The Labute approximate surface area is 177 Å². The van der Waals surface area contributed by atoms with Crippen LogP contribution in [0.4, 0.5) is 0 Å². The van der Waals surface area contributed by atoms with Crippen molar-refractivity contribution in [2.24, 2.45) is 0 Å². The van der Waals surface area contributed by atoms with Crippen molar-refractivity contribution in [3.8, 4) is 0 Å². The lowest BCUT2D eigenvalue weighted by Gasteiger charge is -2.16. The van der Waals surface area contributed by atoms with Crippen molar-refractivity contribution >= 4 is 52.5 Å². The molecule has 0 aliphatic rings. The molecule has 2 aromatic carbocycles. The molecular weight excluding hydrogens is 425 g/mol. The number of amides is 3. The number of halogens is 3. The van der Waals surface area contributed by atoms with Gasteiger partial charge in [0.1, 0.15) is 0 Å². The lowest BCUT2D eigenvalue weighted by atomic mass is 10.1. The van der Waals surface area contributed by atoms with Gasteiger partial charge in [0.15, 0.2) is 0 Å². The summed E-state index contributed by atoms with van der Waals surface area (Å²) in [6.45, 7) is 1.26. The van der Waals surface area contributed by atoms with Gasteiger partial charge in [0.05, 0.1) is 29.7 Å². The van der Waals surface area contributed by atoms with Crippen LogP contribution in [0, 0.1) is 0 Å². The van der Waals surface area contributed by atoms with E-state index in [0.717, 1.165) is 5.56 Å². The molecule has 2 rings (SSSR count). The summed E-state index contributed by atoms with van der Waals surface area (Å²) in [5.74, 6) is -1.42. The maximum Gasteiger partial charge on any atom is 0.253 e. The molecule has 0 radical (unpaired) electrons. The van der Waals surface area contributed by atoms with Crippen molar-refractivity contribution in [2.75, 3.05) is 13.1 Å². The number of carbonyl (C=O) groups is 3. The monoisotopic (exact) mass is 441 g/mol. The lowest BCUT2D eigenvalue weighted by Crippen LogP contribution is -2.42. The molecule has 0 spiro atoms. The zero-order valence-corrected chi connectivity index (χ0v) is 17.2. The maximum absolute atomic E-state index is 12.0. The average Bonchev–Trinajstić information content (AvgIpc) is 2.64. The second kappa shape index (κ2) is 10.3. The standard InChI is InChI=1S/C19H18Cl3N3O3/c1-11(13-4-2-3-5-15(13)21)25-18(27)10-23-17(26)9-24-19(28)14-7-6-12(20)8-16(14)22/h2-8,11H,9-10H2,1H3,(H,23,26)(H,24,28)(H,25,27). The van der Waals surface area contributed by atoms with Crippen molar-refractivity contribution in [3.63, 3.8) is 0 Å². The zero-order valence-electron chi connectivity index (χ0n) is 14.9. The van der Waals surface area contributed by atoms with E-state index in [4.69, 9.17) is 34.8 Å². The van der Waals surface area contributed by atoms with Gasteiger partial charge in [0.2, 0.25) is 11.8 Å². The Morgan fingerprint density at radius 2 is 1.57 bits per heavy atom. The van der Waals surface area contributed by atoms with E-state index >= 15 is 0 Å². The van der Waals surface area contributed by atoms with Crippen LogP contribution in [0.1, 0.15) is 28.9 Å². The molecule has 6 nitrogen and oxygen atoms in total. The van der Waals surface area contributed by atoms with Crippen LogP contribution in [0.3, 0.4) is 0 Å². The first kappa shape index (κ1) is 22.0. The first-order valence-electron chi connectivity index (χ1n) is 8.31. The molecule has 3 N–H and O–H groups in total. The fourth-order valence-corrected chi connectivity index (χ4v) is 3.16. The van der Waals surface area contributed by atoms with E-state index in [2.05, 4.69) is 16.0 Å². The molecule has 1 atom stereocenters. The van der Waals surface area contributed by atoms with Crippen LogP contribution in [-0.4, -0.2) is 30.8 Å². The zero-order chi connectivity index (χ0) is 20.7. The number of carbonyl (C=O) groups excluding carboxylic acids is 3. The number of hydrogen-bond acceptors (Lipinski definition) is 3. The number of nitrogens with one attached hydrogen (secondary N) is 3. The predicted octanol–water partition coefficient (Wildman–Crippen LogP) is 3.37. The van der Waals surface area contributed by atoms with Crippen LogP contribution in [0.25, 0.3) is 0 Å². The third kappa shape index (κ3) is 6.41. The van der Waals surface area contributed by atoms with Crippen LogP contribution < -0.4 is 16.0 Å². The Kier molecular flexibility index (Phi) is 8.11. The van der Waals surface area contributed by atoms with Crippen molar-refractivity contribution in [1.29, 1.82) is 0 Å². The highest BCUT2D eigenvalue weighted by atomic mass is 35.5. The van der Waals surface area contributed by atoms with E-state index in [1.165, 1.54) is 18.2 Å². The van der Waals surface area contributed by atoms with Gasteiger partial charge in [-0.2, -0.15) is 0 Å². The van der Waals surface area contributed by atoms with Gasteiger partial charge in [-0.3, -0.25) is 14.4 Å². The Hall–Kier alpha value is -2.28. The second-order valence-corrected chi connectivity index (χ2v) is 7.15. The molecule has 0 aromatic heterocycles. The summed E-state index contributed by atoms with van der Waals surface area (Å²) in [4.78, 5) is 35.9. The highest BCUT2D eigenvalue weighted by molar-refractivity contribution is 6.36. The number of rotatable bonds is 7. The predicted molar refractivity (Wildman–Crippen MR) is 110 cm³/mol. The second-order valence-electron chi connectivity index (χ2n) is 5.89. The Bertz CT molecular complexity index is 890. The summed E-state index contributed by atoms with van der Waals surface area (Å²) >= 11 is 17.8. The number of hydrogen-bond donors (Lipinski definition) is 3. The van der Waals surface area contributed by atoms with E-state index in [-0.39, 0.29) is 35.6 Å². The average molecular weight is 443 g/mol. The van der Waals surface area contributed by atoms with Gasteiger partial charge in [0.25, 0.3) is 5.91 Å². The highest BCUT2D eigenvalue weighted by Crippen LogP contribution is 2.22. The third-order valence-corrected chi connectivity index (χ3v) is 4.67. The Balaban J connectivity index is 1.76. The van der Waals surface area contributed by atoms with Crippen LogP contribution >= 0.6 is 34.8 Å². The number of benzene rings is 2. The van der Waals surface area contributed by atoms with Gasteiger partial charge in [-0.05, 0) is 36.8 Å². The molecule has 0 saturated heterocycles. The summed E-state index contributed by atoms with van der Waals surface area (Å²) < 4.78 is 0. The van der Waals surface area contributed by atoms with Crippen molar-refractivity contribution in [1.82, 2.24) is 16.0 Å². The quantitative estimate of drug-likeness (QED) is 0.614. The van der Waals surface area contributed by atoms with E-state index in [1.54, 1.807) is 19.1 Å². The normalized spacial score (nSPS) is 11.4. The van der Waals surface area contributed by atoms with Crippen LogP contribution in [0.15, 0.2) is 42.5 Å². The first-order chi connectivity index (χ1) is 13.3. The summed E-state index contributed by atoms with van der Waals surface area (Å²) in [6, 6.07) is 11.3. The van der Waals surface area contributed by atoms with Gasteiger partial charge in [-0.1, -0.05) is 53.0 Å². The SMILES string of the molecule is CC(NC(=O)CNC(=O)CNC(=O)c1ccc(Cl)cc1Cl)c1ccccc1Cl. The van der Waals surface area contributed by atoms with E-state index in [9.17, 15) is 14.4 Å². The van der Waals surface area contributed by atoms with Crippen LogP contribution in [0.5, 0.6) is 0 Å². The highest BCUT2D eigenvalue weighted by Gasteiger charge is 2.14. The molecule has 28 heavy (non-hydrogen) atoms. The molecule has 0 aliphatic heterocycles. The topological polar surface area (TPSA) is 87.3 Å². The van der Waals surface area contributed by atoms with Crippen molar-refractivity contribution in [3.05, 3.63) is 68.7 Å². The van der Waals surface area contributed by atoms with E-state index in [0.29, 0.717) is 10.0 Å². The van der Waals surface area contributed by atoms with Crippen molar-refractivity contribution in [2.45, 2.75) is 13.0 Å². The molecule has 2 aromatic rings. The Morgan fingerprint density at radius 3 is 2.25 bits per heavy atom. The van der Waals surface area contributed by atoms with Crippen LogP contribution in [-0.2, 0) is 9.59 Å². The van der Waals surface area contributed by atoms with Crippen molar-refractivity contribution < 1.29 is 14.4 Å². The molecule has 0 fully saturated rings. The summed E-state index contributed by atoms with van der Waals surface area (Å²) in [6.07, 6.45) is 0.